The van der Waals surface area contributed by atoms with E-state index in [9.17, 15) is 9.59 Å². The zero-order chi connectivity index (χ0) is 17.8. The molecule has 0 bridgehead atoms. The first-order valence-electron chi connectivity index (χ1n) is 7.56. The van der Waals surface area contributed by atoms with Crippen molar-refractivity contribution in [1.82, 2.24) is 5.32 Å². The van der Waals surface area contributed by atoms with E-state index in [0.717, 1.165) is 18.4 Å². The molecule has 130 valence electrons. The molecule has 0 unspecified atom stereocenters. The van der Waals surface area contributed by atoms with Crippen LogP contribution in [0.15, 0.2) is 29.4 Å². The van der Waals surface area contributed by atoms with Crippen LogP contribution in [0.1, 0.15) is 31.2 Å². The highest BCUT2D eigenvalue weighted by molar-refractivity contribution is 5.72. The summed E-state index contributed by atoms with van der Waals surface area (Å²) in [6.45, 7) is 0.576. The lowest BCUT2D eigenvalue weighted by atomic mass is 10.1. The van der Waals surface area contributed by atoms with E-state index in [4.69, 9.17) is 21.1 Å². The van der Waals surface area contributed by atoms with E-state index in [-0.39, 0.29) is 6.61 Å². The van der Waals surface area contributed by atoms with Gasteiger partial charge in [0.1, 0.15) is 12.6 Å². The number of carbonyl (C=O) groups excluding carboxylic acids is 1. The van der Waals surface area contributed by atoms with Gasteiger partial charge in [-0.15, -0.1) is 0 Å². The van der Waals surface area contributed by atoms with Gasteiger partial charge in [0.2, 0.25) is 0 Å². The topological polar surface area (TPSA) is 150 Å². The molecule has 0 aliphatic rings. The molecule has 1 aromatic carbocycles. The van der Waals surface area contributed by atoms with Gasteiger partial charge in [0.25, 0.3) is 0 Å². The van der Waals surface area contributed by atoms with Gasteiger partial charge in [-0.25, -0.2) is 4.79 Å². The Morgan fingerprint density at radius 1 is 1.29 bits per heavy atom. The van der Waals surface area contributed by atoms with Gasteiger partial charge in [0, 0.05) is 17.1 Å². The summed E-state index contributed by atoms with van der Waals surface area (Å²) in [5.41, 5.74) is 15.0. The van der Waals surface area contributed by atoms with Crippen molar-refractivity contribution in [3.63, 3.8) is 0 Å². The molecule has 0 aliphatic carbocycles. The first kappa shape index (κ1) is 19.3. The Hall–Kier alpha value is -2.77. The number of nitrogens with zero attached hydrogens (tertiary/aromatic N) is 3. The van der Waals surface area contributed by atoms with Crippen molar-refractivity contribution in [2.45, 2.75) is 38.3 Å². The summed E-state index contributed by atoms with van der Waals surface area (Å²) >= 11 is 0. The van der Waals surface area contributed by atoms with Crippen molar-refractivity contribution in [2.75, 3.05) is 6.54 Å². The van der Waals surface area contributed by atoms with Crippen LogP contribution in [0.4, 0.5) is 10.5 Å². The van der Waals surface area contributed by atoms with Crippen molar-refractivity contribution in [1.29, 1.82) is 0 Å². The minimum absolute atomic E-state index is 0.121. The molecule has 0 saturated heterocycles. The van der Waals surface area contributed by atoms with Crippen molar-refractivity contribution < 1.29 is 19.4 Å². The maximum Gasteiger partial charge on any atom is 0.407 e. The predicted molar refractivity (Wildman–Crippen MR) is 87.5 cm³/mol. The minimum atomic E-state index is -0.996. The summed E-state index contributed by atoms with van der Waals surface area (Å²) < 4.78 is 5.05. The van der Waals surface area contributed by atoms with E-state index >= 15 is 0 Å². The highest BCUT2D eigenvalue weighted by Gasteiger charge is 2.10. The molecule has 1 amide bonds. The van der Waals surface area contributed by atoms with Crippen LogP contribution in [0, 0.1) is 0 Å². The third-order valence-electron chi connectivity index (χ3n) is 3.24. The van der Waals surface area contributed by atoms with E-state index < -0.39 is 18.1 Å². The maximum absolute atomic E-state index is 11.5. The summed E-state index contributed by atoms with van der Waals surface area (Å²) in [5.74, 6) is -0.996. The molecule has 4 N–H and O–H groups in total. The Bertz CT molecular complexity index is 584. The number of nitrogens with one attached hydrogen (secondary N) is 1. The number of benzene rings is 1. The Morgan fingerprint density at radius 2 is 2.00 bits per heavy atom. The van der Waals surface area contributed by atoms with Crippen LogP contribution in [0.3, 0.4) is 0 Å². The molecule has 0 saturated carbocycles. The number of unbranched alkanes of at least 4 members (excludes halogenated alkanes) is 2. The maximum atomic E-state index is 11.5. The van der Waals surface area contributed by atoms with Gasteiger partial charge in [0.05, 0.1) is 0 Å². The third kappa shape index (κ3) is 8.02. The molecule has 1 atom stereocenters. The average Bonchev–Trinajstić information content (AvgIpc) is 2.57. The summed E-state index contributed by atoms with van der Waals surface area (Å²) in [4.78, 5) is 24.7. The molecule has 9 heteroatoms. The van der Waals surface area contributed by atoms with E-state index in [1.807, 2.05) is 0 Å². The number of carbonyl (C=O) groups is 2. The standard InChI is InChI=1S/C15H21N5O4/c16-13(14(21)22)4-2-1-3-9-18-15(23)24-10-11-5-7-12(8-6-11)19-20-17/h5-8,13H,1-4,9-10,16H2,(H,18,23)(H,21,22)/t13-/m0/s1. The SMILES string of the molecule is [N-]=[N+]=Nc1ccc(COC(=O)NCCCCC[C@H](N)C(=O)O)cc1. The number of azide groups is 1. The lowest BCUT2D eigenvalue weighted by Gasteiger charge is -2.08. The molecule has 9 nitrogen and oxygen atoms in total. The number of amides is 1. The monoisotopic (exact) mass is 335 g/mol. The Morgan fingerprint density at radius 3 is 2.62 bits per heavy atom. The van der Waals surface area contributed by atoms with Crippen LogP contribution in [-0.2, 0) is 16.1 Å². The number of aliphatic carboxylic acids is 1. The van der Waals surface area contributed by atoms with Crippen molar-refractivity contribution >= 4 is 17.7 Å². The predicted octanol–water partition coefficient (Wildman–Crippen LogP) is 2.83. The van der Waals surface area contributed by atoms with E-state index in [1.54, 1.807) is 24.3 Å². The quantitative estimate of drug-likeness (QED) is 0.260. The fraction of sp³-hybridized carbons (Fsp3) is 0.467. The van der Waals surface area contributed by atoms with Crippen LogP contribution in [0.2, 0.25) is 0 Å². The molecule has 0 heterocycles. The molecule has 1 aromatic rings. The first-order chi connectivity index (χ1) is 11.5. The zero-order valence-corrected chi connectivity index (χ0v) is 13.2. The summed E-state index contributed by atoms with van der Waals surface area (Å²) in [5, 5.41) is 14.7. The highest BCUT2D eigenvalue weighted by atomic mass is 16.5. The number of alkyl carbamates (subject to hydrolysis) is 1. The van der Waals surface area contributed by atoms with Gasteiger partial charge in [-0.3, -0.25) is 4.79 Å². The number of ether oxygens (including phenoxy) is 1. The number of carboxylic acids is 1. The molecule has 0 fully saturated rings. The number of hydrogen-bond acceptors (Lipinski definition) is 5. The molecule has 0 radical (unpaired) electrons. The molecular weight excluding hydrogens is 314 g/mol. The highest BCUT2D eigenvalue weighted by Crippen LogP contribution is 2.13. The van der Waals surface area contributed by atoms with Crippen LogP contribution < -0.4 is 11.1 Å². The van der Waals surface area contributed by atoms with Gasteiger partial charge < -0.3 is 20.9 Å². The molecule has 1 rings (SSSR count). The lowest BCUT2D eigenvalue weighted by Crippen LogP contribution is -2.29. The Kier molecular flexibility index (Phi) is 8.73. The van der Waals surface area contributed by atoms with Gasteiger partial charge >= 0.3 is 12.1 Å². The van der Waals surface area contributed by atoms with Crippen LogP contribution in [-0.4, -0.2) is 29.8 Å². The summed E-state index contributed by atoms with van der Waals surface area (Å²) in [6, 6.07) is 5.87. The van der Waals surface area contributed by atoms with E-state index in [0.29, 0.717) is 25.1 Å². The minimum Gasteiger partial charge on any atom is -0.480 e. The fourth-order valence-electron chi connectivity index (χ4n) is 1.89. The smallest absolute Gasteiger partial charge is 0.407 e. The number of rotatable bonds is 10. The van der Waals surface area contributed by atoms with Crippen molar-refractivity contribution in [2.24, 2.45) is 10.8 Å². The van der Waals surface area contributed by atoms with Crippen molar-refractivity contribution in [3.05, 3.63) is 40.3 Å². The van der Waals surface area contributed by atoms with Crippen LogP contribution in [0.5, 0.6) is 0 Å². The largest absolute Gasteiger partial charge is 0.480 e. The van der Waals surface area contributed by atoms with E-state index in [1.165, 1.54) is 0 Å². The van der Waals surface area contributed by atoms with Gasteiger partial charge in [0.15, 0.2) is 0 Å². The van der Waals surface area contributed by atoms with E-state index in [2.05, 4.69) is 15.3 Å². The molecular formula is C15H21N5O4. The Labute approximate surface area is 139 Å². The zero-order valence-electron chi connectivity index (χ0n) is 13.2. The third-order valence-corrected chi connectivity index (χ3v) is 3.24. The molecule has 0 spiro atoms. The lowest BCUT2D eigenvalue weighted by molar-refractivity contribution is -0.138. The summed E-state index contributed by atoms with van der Waals surface area (Å²) in [7, 11) is 0. The fourth-order valence-corrected chi connectivity index (χ4v) is 1.89. The van der Waals surface area contributed by atoms with Gasteiger partial charge in [-0.05, 0) is 23.9 Å². The van der Waals surface area contributed by atoms with Gasteiger partial charge in [-0.2, -0.15) is 0 Å². The number of nitrogens with two attached hydrogens (primary N) is 1. The summed E-state index contributed by atoms with van der Waals surface area (Å²) in [6.07, 6.45) is 2.11. The number of carboxylic acid groups (broad SMARTS) is 1. The first-order valence-corrected chi connectivity index (χ1v) is 7.56. The Balaban J connectivity index is 2.11. The number of hydrogen-bond donors (Lipinski definition) is 3. The average molecular weight is 335 g/mol. The second kappa shape index (κ2) is 10.9. The van der Waals surface area contributed by atoms with Crippen LogP contribution >= 0.6 is 0 Å². The molecule has 24 heavy (non-hydrogen) atoms. The molecule has 0 aliphatic heterocycles. The molecule has 0 aromatic heterocycles. The van der Waals surface area contributed by atoms with Gasteiger partial charge in [-0.1, -0.05) is 42.2 Å². The second-order valence-corrected chi connectivity index (χ2v) is 5.15. The van der Waals surface area contributed by atoms with Crippen LogP contribution in [0.25, 0.3) is 10.4 Å². The second-order valence-electron chi connectivity index (χ2n) is 5.15. The van der Waals surface area contributed by atoms with Crippen molar-refractivity contribution in [3.8, 4) is 0 Å². The normalized spacial score (nSPS) is 11.2.